The topological polar surface area (TPSA) is 117 Å². The molecule has 0 radical (unpaired) electrons. The Morgan fingerprint density at radius 2 is 1.72 bits per heavy atom. The Labute approximate surface area is 205 Å². The molecule has 2 N–H and O–H groups in total. The van der Waals surface area contributed by atoms with Gasteiger partial charge in [-0.3, -0.25) is 9.59 Å². The number of ether oxygens (including phenoxy) is 1. The van der Waals surface area contributed by atoms with Crippen LogP contribution in [0.4, 0.5) is 0 Å². The SMILES string of the molecule is COc1cccc2cc(C(=O)C3=C(O)C(=O)N(Cc4ccc(C(=O)O)cc4)C3c3ccccc3)oc12. The highest BCUT2D eigenvalue weighted by molar-refractivity contribution is 6.16. The summed E-state index contributed by atoms with van der Waals surface area (Å²) in [5, 5.41) is 20.7. The molecular weight excluding hydrogens is 462 g/mol. The van der Waals surface area contributed by atoms with Crippen LogP contribution in [0.5, 0.6) is 5.75 Å². The highest BCUT2D eigenvalue weighted by Gasteiger charge is 2.44. The number of nitrogens with zero attached hydrogens (tertiary/aromatic N) is 1. The molecule has 5 rings (SSSR count). The fourth-order valence-electron chi connectivity index (χ4n) is 4.42. The number of methoxy groups -OCH3 is 1. The van der Waals surface area contributed by atoms with E-state index in [-0.39, 0.29) is 23.4 Å². The molecule has 0 fully saturated rings. The molecule has 3 aromatic carbocycles. The van der Waals surface area contributed by atoms with Crippen molar-refractivity contribution >= 4 is 28.6 Å². The third-order valence-corrected chi connectivity index (χ3v) is 6.17. The normalized spacial score (nSPS) is 15.5. The summed E-state index contributed by atoms with van der Waals surface area (Å²) in [5.41, 5.74) is 1.69. The first kappa shape index (κ1) is 22.9. The van der Waals surface area contributed by atoms with Gasteiger partial charge in [0.05, 0.1) is 24.3 Å². The summed E-state index contributed by atoms with van der Waals surface area (Å²) < 4.78 is 11.1. The molecule has 0 aliphatic carbocycles. The van der Waals surface area contributed by atoms with Crippen molar-refractivity contribution in [2.24, 2.45) is 0 Å². The Morgan fingerprint density at radius 3 is 2.39 bits per heavy atom. The molecule has 8 nitrogen and oxygen atoms in total. The lowest BCUT2D eigenvalue weighted by atomic mass is 9.95. The van der Waals surface area contributed by atoms with Gasteiger partial charge < -0.3 is 24.3 Å². The zero-order valence-electron chi connectivity index (χ0n) is 19.2. The number of rotatable bonds is 7. The number of aliphatic hydroxyl groups excluding tert-OH is 1. The Morgan fingerprint density at radius 1 is 1.00 bits per heavy atom. The van der Waals surface area contributed by atoms with E-state index >= 15 is 0 Å². The predicted molar refractivity (Wildman–Crippen MR) is 130 cm³/mol. The van der Waals surface area contributed by atoms with Gasteiger partial charge in [-0.05, 0) is 35.4 Å². The smallest absolute Gasteiger partial charge is 0.335 e. The number of aliphatic hydroxyl groups is 1. The van der Waals surface area contributed by atoms with Crippen LogP contribution in [0.2, 0.25) is 0 Å². The van der Waals surface area contributed by atoms with Gasteiger partial charge in [0.15, 0.2) is 22.9 Å². The number of benzene rings is 3. The molecule has 36 heavy (non-hydrogen) atoms. The Balaban J connectivity index is 1.56. The number of aromatic carboxylic acids is 1. The van der Waals surface area contributed by atoms with Gasteiger partial charge in [-0.2, -0.15) is 0 Å². The lowest BCUT2D eigenvalue weighted by molar-refractivity contribution is -0.130. The van der Waals surface area contributed by atoms with Crippen LogP contribution in [0.1, 0.15) is 38.1 Å². The Bertz CT molecular complexity index is 1520. The maximum absolute atomic E-state index is 13.7. The minimum Gasteiger partial charge on any atom is -0.503 e. The average Bonchev–Trinajstić information content (AvgIpc) is 3.44. The maximum Gasteiger partial charge on any atom is 0.335 e. The lowest BCUT2D eigenvalue weighted by Crippen LogP contribution is -2.30. The summed E-state index contributed by atoms with van der Waals surface area (Å²) in [6.45, 7) is 0.0487. The molecule has 4 aromatic rings. The van der Waals surface area contributed by atoms with E-state index in [1.807, 2.05) is 6.07 Å². The fraction of sp³-hybridized carbons (Fsp3) is 0.107. The molecule has 0 saturated heterocycles. The van der Waals surface area contributed by atoms with E-state index in [2.05, 4.69) is 0 Å². The molecule has 0 saturated carbocycles. The predicted octanol–water partition coefficient (Wildman–Crippen LogP) is 4.92. The second-order valence-corrected chi connectivity index (χ2v) is 8.33. The average molecular weight is 483 g/mol. The number of carboxylic acids is 1. The van der Waals surface area contributed by atoms with E-state index in [0.717, 1.165) is 0 Å². The van der Waals surface area contributed by atoms with Gasteiger partial charge in [0.2, 0.25) is 5.78 Å². The molecule has 0 spiro atoms. The van der Waals surface area contributed by atoms with Crippen molar-refractivity contribution in [2.45, 2.75) is 12.6 Å². The number of Topliss-reactive ketones (excluding diaryl/α,β-unsaturated/α-hetero) is 1. The minimum absolute atomic E-state index is 0.0301. The summed E-state index contributed by atoms with van der Waals surface area (Å²) in [5.74, 6) is -2.60. The third-order valence-electron chi connectivity index (χ3n) is 6.17. The van der Waals surface area contributed by atoms with Gasteiger partial charge in [-0.25, -0.2) is 4.79 Å². The number of furan rings is 1. The number of carboxylic acid groups (broad SMARTS) is 1. The second-order valence-electron chi connectivity index (χ2n) is 8.33. The van der Waals surface area contributed by atoms with Crippen molar-refractivity contribution in [3.05, 3.63) is 113 Å². The van der Waals surface area contributed by atoms with Crippen molar-refractivity contribution in [1.82, 2.24) is 4.90 Å². The second kappa shape index (κ2) is 9.07. The van der Waals surface area contributed by atoms with E-state index in [4.69, 9.17) is 14.3 Å². The number of hydrogen-bond donors (Lipinski definition) is 2. The first-order valence-corrected chi connectivity index (χ1v) is 11.1. The van der Waals surface area contributed by atoms with Crippen LogP contribution in [0.3, 0.4) is 0 Å². The van der Waals surface area contributed by atoms with Gasteiger partial charge in [0.1, 0.15) is 0 Å². The van der Waals surface area contributed by atoms with Crippen LogP contribution in [-0.4, -0.2) is 39.9 Å². The van der Waals surface area contributed by atoms with Crippen molar-refractivity contribution in [3.8, 4) is 5.75 Å². The molecular formula is C28H21NO7. The van der Waals surface area contributed by atoms with Gasteiger partial charge in [-0.1, -0.05) is 54.6 Å². The molecule has 8 heteroatoms. The number of hydrogen-bond acceptors (Lipinski definition) is 6. The molecule has 1 unspecified atom stereocenters. The van der Waals surface area contributed by atoms with Crippen molar-refractivity contribution < 1.29 is 33.8 Å². The van der Waals surface area contributed by atoms with Gasteiger partial charge >= 0.3 is 5.97 Å². The minimum atomic E-state index is -1.06. The summed E-state index contributed by atoms with van der Waals surface area (Å²) >= 11 is 0. The number of carbonyl (C=O) groups is 3. The zero-order valence-corrected chi connectivity index (χ0v) is 19.2. The van der Waals surface area contributed by atoms with E-state index in [1.54, 1.807) is 60.7 Å². The van der Waals surface area contributed by atoms with E-state index in [1.165, 1.54) is 24.1 Å². The van der Waals surface area contributed by atoms with E-state index in [9.17, 15) is 19.5 Å². The van der Waals surface area contributed by atoms with E-state index < -0.39 is 29.5 Å². The Kier molecular flexibility index (Phi) is 5.77. The van der Waals surface area contributed by atoms with Crippen LogP contribution in [-0.2, 0) is 11.3 Å². The summed E-state index contributed by atoms with van der Waals surface area (Å²) in [7, 11) is 1.50. The first-order chi connectivity index (χ1) is 17.4. The quantitative estimate of drug-likeness (QED) is 0.358. The number of para-hydroxylation sites is 1. The number of fused-ring (bicyclic) bond motifs is 1. The van der Waals surface area contributed by atoms with Crippen molar-refractivity contribution in [2.75, 3.05) is 7.11 Å². The van der Waals surface area contributed by atoms with Crippen LogP contribution >= 0.6 is 0 Å². The van der Waals surface area contributed by atoms with Crippen LogP contribution in [0.25, 0.3) is 11.0 Å². The summed E-state index contributed by atoms with van der Waals surface area (Å²) in [4.78, 5) is 39.5. The molecule has 2 heterocycles. The van der Waals surface area contributed by atoms with Gasteiger partial charge in [0, 0.05) is 11.9 Å². The molecule has 1 amide bonds. The molecule has 1 aromatic heterocycles. The number of carbonyl (C=O) groups excluding carboxylic acids is 2. The van der Waals surface area contributed by atoms with Crippen molar-refractivity contribution in [1.29, 1.82) is 0 Å². The molecule has 1 aliphatic rings. The zero-order chi connectivity index (χ0) is 25.4. The van der Waals surface area contributed by atoms with E-state index in [0.29, 0.717) is 27.8 Å². The molecule has 180 valence electrons. The highest BCUT2D eigenvalue weighted by Crippen LogP contribution is 2.41. The van der Waals surface area contributed by atoms with Gasteiger partial charge in [-0.15, -0.1) is 0 Å². The molecule has 1 atom stereocenters. The summed E-state index contributed by atoms with van der Waals surface area (Å²) in [6, 6.07) is 20.9. The molecule has 1 aliphatic heterocycles. The first-order valence-electron chi connectivity index (χ1n) is 11.1. The maximum atomic E-state index is 13.7. The number of ketones is 1. The highest BCUT2D eigenvalue weighted by atomic mass is 16.5. The molecule has 0 bridgehead atoms. The van der Waals surface area contributed by atoms with Crippen LogP contribution < -0.4 is 4.74 Å². The largest absolute Gasteiger partial charge is 0.503 e. The van der Waals surface area contributed by atoms with Crippen LogP contribution in [0.15, 0.2) is 94.6 Å². The standard InChI is InChI=1S/C28H21NO7/c1-35-20-9-5-8-19-14-21(36-26(19)20)24(30)22-23(17-6-3-2-4-7-17)29(27(32)25(22)31)15-16-10-12-18(13-11-16)28(33)34/h2-14,23,31H,15H2,1H3,(H,33,34). The monoisotopic (exact) mass is 483 g/mol. The van der Waals surface area contributed by atoms with Crippen molar-refractivity contribution in [3.63, 3.8) is 0 Å². The van der Waals surface area contributed by atoms with Gasteiger partial charge in [0.25, 0.3) is 5.91 Å². The summed E-state index contributed by atoms with van der Waals surface area (Å²) in [6.07, 6.45) is 0. The number of amides is 1. The lowest BCUT2D eigenvalue weighted by Gasteiger charge is -2.26. The Hall–Kier alpha value is -4.85. The fourth-order valence-corrected chi connectivity index (χ4v) is 4.42. The van der Waals surface area contributed by atoms with Crippen LogP contribution in [0, 0.1) is 0 Å². The third kappa shape index (κ3) is 3.88.